The van der Waals surface area contributed by atoms with E-state index < -0.39 is 0 Å². The summed E-state index contributed by atoms with van der Waals surface area (Å²) in [6.07, 6.45) is 0. The van der Waals surface area contributed by atoms with Gasteiger partial charge in [-0.1, -0.05) is 76.9 Å². The van der Waals surface area contributed by atoms with Gasteiger partial charge < -0.3 is 19.6 Å². The van der Waals surface area contributed by atoms with E-state index in [-0.39, 0.29) is 0 Å². The van der Waals surface area contributed by atoms with E-state index in [9.17, 15) is 0 Å². The van der Waals surface area contributed by atoms with Gasteiger partial charge in [-0.05, 0) is 111 Å². The van der Waals surface area contributed by atoms with Crippen molar-refractivity contribution >= 4 is 45.5 Å². The lowest BCUT2D eigenvalue weighted by Gasteiger charge is -2.25. The van der Waals surface area contributed by atoms with Gasteiger partial charge in [-0.25, -0.2) is 0 Å². The van der Waals surface area contributed by atoms with Crippen LogP contribution in [0.25, 0.3) is 0 Å². The predicted molar refractivity (Wildman–Crippen MR) is 208 cm³/mol. The molecule has 4 nitrogen and oxygen atoms in total. The standard InChI is InChI=1S/C36H38N4.3C2H6/c1-27-7-11-29(12-8-27)37(3)31-15-19-33(20-16-31)39(5)35-23-25-36(26-24-35)40(6)34-21-17-32(18-22-34)38(4)30-13-9-28(2)10-14-30;3*1-2/h7-26H,1-6H3;3*1-2H3. The topological polar surface area (TPSA) is 13.0 Å². The van der Waals surface area contributed by atoms with Crippen molar-refractivity contribution in [1.29, 1.82) is 0 Å². The highest BCUT2D eigenvalue weighted by Gasteiger charge is 2.10. The van der Waals surface area contributed by atoms with Crippen molar-refractivity contribution in [2.24, 2.45) is 0 Å². The van der Waals surface area contributed by atoms with Crippen molar-refractivity contribution < 1.29 is 0 Å². The minimum Gasteiger partial charge on any atom is -0.345 e. The van der Waals surface area contributed by atoms with Crippen molar-refractivity contribution in [3.63, 3.8) is 0 Å². The molecule has 0 radical (unpaired) electrons. The molecule has 5 rings (SSSR count). The number of benzene rings is 5. The van der Waals surface area contributed by atoms with Gasteiger partial charge in [0.25, 0.3) is 0 Å². The Morgan fingerprint density at radius 1 is 0.239 bits per heavy atom. The number of hydrogen-bond acceptors (Lipinski definition) is 4. The first-order chi connectivity index (χ1) is 22.3. The molecular weight excluding hydrogens is 560 g/mol. The molecule has 5 aromatic rings. The van der Waals surface area contributed by atoms with Crippen LogP contribution in [0, 0.1) is 13.8 Å². The quantitative estimate of drug-likeness (QED) is 0.172. The third-order valence-electron chi connectivity index (χ3n) is 7.72. The van der Waals surface area contributed by atoms with E-state index in [1.54, 1.807) is 0 Å². The van der Waals surface area contributed by atoms with Crippen molar-refractivity contribution in [2.75, 3.05) is 47.8 Å². The molecule has 0 aliphatic carbocycles. The summed E-state index contributed by atoms with van der Waals surface area (Å²) in [5, 5.41) is 0. The number of anilines is 8. The van der Waals surface area contributed by atoms with Crippen LogP contribution >= 0.6 is 0 Å². The summed E-state index contributed by atoms with van der Waals surface area (Å²) in [5.74, 6) is 0. The molecule has 0 spiro atoms. The third-order valence-corrected chi connectivity index (χ3v) is 7.72. The maximum Gasteiger partial charge on any atom is 0.0409 e. The first-order valence-corrected chi connectivity index (χ1v) is 16.7. The van der Waals surface area contributed by atoms with Crippen LogP contribution in [0.2, 0.25) is 0 Å². The third kappa shape index (κ3) is 9.65. The van der Waals surface area contributed by atoms with Crippen LogP contribution in [-0.2, 0) is 0 Å². The van der Waals surface area contributed by atoms with Crippen LogP contribution in [0.15, 0.2) is 121 Å². The fourth-order valence-electron chi connectivity index (χ4n) is 4.83. The van der Waals surface area contributed by atoms with Crippen molar-refractivity contribution in [3.05, 3.63) is 132 Å². The average Bonchev–Trinajstić information content (AvgIpc) is 3.14. The summed E-state index contributed by atoms with van der Waals surface area (Å²) in [7, 11) is 8.43. The van der Waals surface area contributed by atoms with E-state index in [1.807, 2.05) is 41.5 Å². The molecular formula is C42H56N4. The molecule has 0 heterocycles. The highest BCUT2D eigenvalue weighted by atomic mass is 15.1. The number of rotatable bonds is 8. The summed E-state index contributed by atoms with van der Waals surface area (Å²) in [4.78, 5) is 8.85. The zero-order valence-electron chi connectivity index (χ0n) is 30.3. The SMILES string of the molecule is CC.CC.CC.Cc1ccc(N(C)c2ccc(N(C)c3ccc(N(C)c4ccc(N(C)c5ccc(C)cc5)cc4)cc3)cc2)cc1. The van der Waals surface area contributed by atoms with Gasteiger partial charge in [0.05, 0.1) is 0 Å². The Labute approximate surface area is 280 Å². The Balaban J connectivity index is 0.00000116. The van der Waals surface area contributed by atoms with E-state index in [2.05, 4.69) is 183 Å². The molecule has 0 saturated carbocycles. The highest BCUT2D eigenvalue weighted by Crippen LogP contribution is 2.32. The summed E-state index contributed by atoms with van der Waals surface area (Å²) in [5.41, 5.74) is 11.8. The van der Waals surface area contributed by atoms with Crippen LogP contribution < -0.4 is 19.6 Å². The van der Waals surface area contributed by atoms with Gasteiger partial charge in [0, 0.05) is 73.7 Å². The lowest BCUT2D eigenvalue weighted by atomic mass is 10.1. The summed E-state index contributed by atoms with van der Waals surface area (Å²) in [6, 6.07) is 43.3. The Morgan fingerprint density at radius 3 is 0.478 bits per heavy atom. The highest BCUT2D eigenvalue weighted by molar-refractivity contribution is 5.72. The zero-order valence-corrected chi connectivity index (χ0v) is 30.3. The second kappa shape index (κ2) is 19.0. The molecule has 0 saturated heterocycles. The molecule has 46 heavy (non-hydrogen) atoms. The van der Waals surface area contributed by atoms with Gasteiger partial charge in [-0.15, -0.1) is 0 Å². The fourth-order valence-corrected chi connectivity index (χ4v) is 4.83. The van der Waals surface area contributed by atoms with E-state index >= 15 is 0 Å². The molecule has 0 N–H and O–H groups in total. The predicted octanol–water partition coefficient (Wildman–Crippen LogP) is 12.5. The second-order valence-electron chi connectivity index (χ2n) is 10.5. The Kier molecular flexibility index (Phi) is 15.4. The van der Waals surface area contributed by atoms with Crippen molar-refractivity contribution in [1.82, 2.24) is 0 Å². The summed E-state index contributed by atoms with van der Waals surface area (Å²) >= 11 is 0. The van der Waals surface area contributed by atoms with Crippen LogP contribution in [-0.4, -0.2) is 28.2 Å². The average molecular weight is 617 g/mol. The van der Waals surface area contributed by atoms with Crippen LogP contribution in [0.5, 0.6) is 0 Å². The van der Waals surface area contributed by atoms with Gasteiger partial charge in [0.1, 0.15) is 0 Å². The molecule has 0 bridgehead atoms. The van der Waals surface area contributed by atoms with Gasteiger partial charge >= 0.3 is 0 Å². The largest absolute Gasteiger partial charge is 0.345 e. The van der Waals surface area contributed by atoms with Crippen LogP contribution in [0.4, 0.5) is 45.5 Å². The molecule has 0 atom stereocenters. The minimum atomic E-state index is 1.15. The molecule has 0 aliphatic rings. The molecule has 4 heteroatoms. The van der Waals surface area contributed by atoms with Crippen LogP contribution in [0.1, 0.15) is 52.7 Å². The number of aryl methyl sites for hydroxylation is 2. The van der Waals surface area contributed by atoms with Gasteiger partial charge in [-0.2, -0.15) is 0 Å². The maximum atomic E-state index is 2.22. The Bertz CT molecular complexity index is 1400. The zero-order chi connectivity index (χ0) is 34.2. The summed E-state index contributed by atoms with van der Waals surface area (Å²) < 4.78 is 0. The molecule has 0 fully saturated rings. The Morgan fingerprint density at radius 2 is 0.348 bits per heavy atom. The lowest BCUT2D eigenvalue weighted by Crippen LogP contribution is -2.13. The van der Waals surface area contributed by atoms with E-state index in [4.69, 9.17) is 0 Å². The molecule has 0 aliphatic heterocycles. The van der Waals surface area contributed by atoms with Gasteiger partial charge in [0.2, 0.25) is 0 Å². The van der Waals surface area contributed by atoms with E-state index in [0.717, 1.165) is 34.1 Å². The second-order valence-corrected chi connectivity index (χ2v) is 10.5. The number of hydrogen-bond donors (Lipinski definition) is 0. The first-order valence-electron chi connectivity index (χ1n) is 16.7. The molecule has 0 amide bonds. The van der Waals surface area contributed by atoms with Crippen LogP contribution in [0.3, 0.4) is 0 Å². The smallest absolute Gasteiger partial charge is 0.0409 e. The van der Waals surface area contributed by atoms with Gasteiger partial charge in [0.15, 0.2) is 0 Å². The monoisotopic (exact) mass is 616 g/mol. The fraction of sp³-hybridized carbons (Fsp3) is 0.286. The molecule has 0 aromatic heterocycles. The Hall–Kier alpha value is -4.70. The van der Waals surface area contributed by atoms with Crippen molar-refractivity contribution in [3.8, 4) is 0 Å². The van der Waals surface area contributed by atoms with Gasteiger partial charge in [-0.3, -0.25) is 0 Å². The summed E-state index contributed by atoms with van der Waals surface area (Å²) in [6.45, 7) is 16.2. The first kappa shape index (κ1) is 37.5. The molecule has 244 valence electrons. The van der Waals surface area contributed by atoms with E-state index in [0.29, 0.717) is 0 Å². The molecule has 0 unspecified atom stereocenters. The normalized spacial score (nSPS) is 9.74. The number of nitrogens with zero attached hydrogens (tertiary/aromatic N) is 4. The lowest BCUT2D eigenvalue weighted by molar-refractivity contribution is 1.17. The maximum absolute atomic E-state index is 2.22. The van der Waals surface area contributed by atoms with Crippen molar-refractivity contribution in [2.45, 2.75) is 55.4 Å². The minimum absolute atomic E-state index is 1.15. The van der Waals surface area contributed by atoms with E-state index in [1.165, 1.54) is 22.5 Å². The molecule has 5 aromatic carbocycles.